The topological polar surface area (TPSA) is 79.7 Å². The number of aliphatic carboxylic acids is 1. The summed E-state index contributed by atoms with van der Waals surface area (Å²) in [6.07, 6.45) is 0.967. The lowest BCUT2D eigenvalue weighted by Gasteiger charge is -2.19. The second kappa shape index (κ2) is 7.85. The molecular weight excluding hydrogens is 268 g/mol. The Hall–Kier alpha value is -1.47. The molecule has 19 heavy (non-hydrogen) atoms. The quantitative estimate of drug-likeness (QED) is 0.765. The van der Waals surface area contributed by atoms with Gasteiger partial charge in [-0.05, 0) is 6.42 Å². The molecule has 1 amide bonds. The first-order valence-electron chi connectivity index (χ1n) is 5.98. The molecule has 1 N–H and O–H groups in total. The van der Waals surface area contributed by atoms with E-state index in [4.69, 9.17) is 9.84 Å². The Bertz CT molecular complexity index is 433. The van der Waals surface area contributed by atoms with Crippen LogP contribution < -0.4 is 0 Å². The van der Waals surface area contributed by atoms with Crippen molar-refractivity contribution in [3.63, 3.8) is 0 Å². The number of carboxylic acid groups (broad SMARTS) is 1. The Morgan fingerprint density at radius 1 is 1.53 bits per heavy atom. The molecule has 0 bridgehead atoms. The Kier molecular flexibility index (Phi) is 6.44. The fourth-order valence-electron chi connectivity index (χ4n) is 1.52. The smallest absolute Gasteiger partial charge is 0.323 e. The second-order valence-corrected chi connectivity index (χ2v) is 4.91. The van der Waals surface area contributed by atoms with E-state index in [1.54, 1.807) is 0 Å². The maximum atomic E-state index is 12.0. The standard InChI is InChI=1S/C12H18N2O4S/c1-3-10-13-9(8-19-10)6-11(15)14(4-5-18-2)7-12(16)17/h8H,3-7H2,1-2H3,(H,16,17). The van der Waals surface area contributed by atoms with Crippen molar-refractivity contribution in [1.29, 1.82) is 0 Å². The predicted molar refractivity (Wildman–Crippen MR) is 71.3 cm³/mol. The molecule has 0 spiro atoms. The molecule has 1 aromatic heterocycles. The van der Waals surface area contributed by atoms with Gasteiger partial charge in [0.1, 0.15) is 6.54 Å². The third-order valence-electron chi connectivity index (χ3n) is 2.48. The molecule has 0 fully saturated rings. The van der Waals surface area contributed by atoms with Gasteiger partial charge in [-0.15, -0.1) is 11.3 Å². The van der Waals surface area contributed by atoms with Gasteiger partial charge < -0.3 is 14.7 Å². The summed E-state index contributed by atoms with van der Waals surface area (Å²) in [5, 5.41) is 11.6. The number of nitrogens with zero attached hydrogens (tertiary/aromatic N) is 2. The maximum absolute atomic E-state index is 12.0. The highest BCUT2D eigenvalue weighted by Crippen LogP contribution is 2.11. The molecule has 0 unspecified atom stereocenters. The van der Waals surface area contributed by atoms with E-state index in [2.05, 4.69) is 4.98 Å². The number of aryl methyl sites for hydroxylation is 1. The van der Waals surface area contributed by atoms with Gasteiger partial charge in [0.2, 0.25) is 5.91 Å². The van der Waals surface area contributed by atoms with Crippen LogP contribution in [0.25, 0.3) is 0 Å². The van der Waals surface area contributed by atoms with Gasteiger partial charge in [-0.2, -0.15) is 0 Å². The minimum absolute atomic E-state index is 0.132. The average molecular weight is 286 g/mol. The molecular formula is C12H18N2O4S. The maximum Gasteiger partial charge on any atom is 0.323 e. The highest BCUT2D eigenvalue weighted by molar-refractivity contribution is 7.09. The van der Waals surface area contributed by atoms with Gasteiger partial charge in [0.15, 0.2) is 0 Å². The zero-order chi connectivity index (χ0) is 14.3. The molecule has 0 saturated heterocycles. The lowest BCUT2D eigenvalue weighted by atomic mass is 10.3. The fraction of sp³-hybridized carbons (Fsp3) is 0.583. The van der Waals surface area contributed by atoms with Crippen LogP contribution in [0.15, 0.2) is 5.38 Å². The lowest BCUT2D eigenvalue weighted by Crippen LogP contribution is -2.38. The molecule has 0 aliphatic heterocycles. The highest BCUT2D eigenvalue weighted by Gasteiger charge is 2.17. The van der Waals surface area contributed by atoms with Crippen LogP contribution >= 0.6 is 11.3 Å². The van der Waals surface area contributed by atoms with Crippen molar-refractivity contribution >= 4 is 23.2 Å². The van der Waals surface area contributed by atoms with Crippen molar-refractivity contribution in [3.05, 3.63) is 16.1 Å². The summed E-state index contributed by atoms with van der Waals surface area (Å²) in [5.74, 6) is -1.27. The van der Waals surface area contributed by atoms with E-state index < -0.39 is 5.97 Å². The van der Waals surface area contributed by atoms with Crippen LogP contribution in [0.4, 0.5) is 0 Å². The van der Waals surface area contributed by atoms with Crippen LogP contribution in [0.1, 0.15) is 17.6 Å². The number of ether oxygens (including phenoxy) is 1. The van der Waals surface area contributed by atoms with Crippen LogP contribution in [0.2, 0.25) is 0 Å². The lowest BCUT2D eigenvalue weighted by molar-refractivity contribution is -0.144. The zero-order valence-electron chi connectivity index (χ0n) is 11.1. The molecule has 1 aromatic rings. The number of carbonyl (C=O) groups excluding carboxylic acids is 1. The van der Waals surface area contributed by atoms with E-state index >= 15 is 0 Å². The van der Waals surface area contributed by atoms with E-state index in [-0.39, 0.29) is 25.4 Å². The predicted octanol–water partition coefficient (Wildman–Crippen LogP) is 0.808. The monoisotopic (exact) mass is 286 g/mol. The van der Waals surface area contributed by atoms with Gasteiger partial charge in [-0.1, -0.05) is 6.92 Å². The average Bonchev–Trinajstić information content (AvgIpc) is 2.81. The summed E-state index contributed by atoms with van der Waals surface area (Å²) < 4.78 is 4.88. The van der Waals surface area contributed by atoms with Crippen LogP contribution in [0, 0.1) is 0 Å². The number of aromatic nitrogens is 1. The normalized spacial score (nSPS) is 10.4. The number of carboxylic acids is 1. The van der Waals surface area contributed by atoms with Gasteiger partial charge in [-0.25, -0.2) is 4.98 Å². The van der Waals surface area contributed by atoms with Gasteiger partial charge in [0, 0.05) is 19.0 Å². The third kappa shape index (κ3) is 5.35. The Morgan fingerprint density at radius 2 is 2.26 bits per heavy atom. The van der Waals surface area contributed by atoms with Crippen LogP contribution in [-0.2, 0) is 27.2 Å². The first kappa shape index (κ1) is 15.6. The summed E-state index contributed by atoms with van der Waals surface area (Å²) >= 11 is 1.51. The number of thiazole rings is 1. The molecule has 106 valence electrons. The van der Waals surface area contributed by atoms with Crippen molar-refractivity contribution in [3.8, 4) is 0 Å². The first-order chi connectivity index (χ1) is 9.06. The van der Waals surface area contributed by atoms with Crippen molar-refractivity contribution in [2.75, 3.05) is 26.8 Å². The van der Waals surface area contributed by atoms with Crippen LogP contribution in [0.3, 0.4) is 0 Å². The number of rotatable bonds is 8. The summed E-state index contributed by atoms with van der Waals surface area (Å²) in [6, 6.07) is 0. The van der Waals surface area contributed by atoms with Gasteiger partial charge >= 0.3 is 5.97 Å². The molecule has 6 nitrogen and oxygen atoms in total. The summed E-state index contributed by atoms with van der Waals surface area (Å²) in [5.41, 5.74) is 0.694. The molecule has 0 atom stereocenters. The minimum Gasteiger partial charge on any atom is -0.480 e. The molecule has 0 aromatic carbocycles. The largest absolute Gasteiger partial charge is 0.480 e. The molecule has 0 radical (unpaired) electrons. The van der Waals surface area contributed by atoms with Crippen molar-refractivity contribution in [2.24, 2.45) is 0 Å². The summed E-state index contributed by atoms with van der Waals surface area (Å²) in [4.78, 5) is 28.3. The summed E-state index contributed by atoms with van der Waals surface area (Å²) in [7, 11) is 1.51. The number of carbonyl (C=O) groups is 2. The Morgan fingerprint density at radius 3 is 2.79 bits per heavy atom. The van der Waals surface area contributed by atoms with E-state index in [0.717, 1.165) is 11.4 Å². The third-order valence-corrected chi connectivity index (χ3v) is 3.52. The molecule has 0 aliphatic rings. The molecule has 1 heterocycles. The van der Waals surface area contributed by atoms with Gasteiger partial charge in [0.25, 0.3) is 0 Å². The zero-order valence-corrected chi connectivity index (χ0v) is 11.9. The Labute approximate surface area is 116 Å². The molecule has 0 aliphatic carbocycles. The van der Waals surface area contributed by atoms with E-state index in [0.29, 0.717) is 12.3 Å². The van der Waals surface area contributed by atoms with Crippen molar-refractivity contribution in [1.82, 2.24) is 9.88 Å². The van der Waals surface area contributed by atoms with Gasteiger partial charge in [0.05, 0.1) is 23.7 Å². The van der Waals surface area contributed by atoms with E-state index in [9.17, 15) is 9.59 Å². The second-order valence-electron chi connectivity index (χ2n) is 3.96. The number of methoxy groups -OCH3 is 1. The van der Waals surface area contributed by atoms with E-state index in [1.807, 2.05) is 12.3 Å². The summed E-state index contributed by atoms with van der Waals surface area (Å²) in [6.45, 7) is 2.27. The van der Waals surface area contributed by atoms with Crippen molar-refractivity contribution in [2.45, 2.75) is 19.8 Å². The van der Waals surface area contributed by atoms with Crippen molar-refractivity contribution < 1.29 is 19.4 Å². The molecule has 1 rings (SSSR count). The number of hydrogen-bond donors (Lipinski definition) is 1. The highest BCUT2D eigenvalue weighted by atomic mass is 32.1. The van der Waals surface area contributed by atoms with E-state index in [1.165, 1.54) is 23.3 Å². The number of amides is 1. The SMILES string of the molecule is CCc1nc(CC(=O)N(CCOC)CC(=O)O)cs1. The first-order valence-corrected chi connectivity index (χ1v) is 6.86. The minimum atomic E-state index is -1.03. The van der Waals surface area contributed by atoms with Gasteiger partial charge in [-0.3, -0.25) is 9.59 Å². The fourth-order valence-corrected chi connectivity index (χ4v) is 2.26. The van der Waals surface area contributed by atoms with Crippen LogP contribution in [-0.4, -0.2) is 53.7 Å². The number of hydrogen-bond acceptors (Lipinski definition) is 5. The molecule has 0 saturated carbocycles. The Balaban J connectivity index is 2.61. The van der Waals surface area contributed by atoms with Crippen LogP contribution in [0.5, 0.6) is 0 Å². The molecule has 7 heteroatoms.